The lowest BCUT2D eigenvalue weighted by molar-refractivity contribution is -0.118. The van der Waals surface area contributed by atoms with Crippen LogP contribution in [-0.4, -0.2) is 59.8 Å². The van der Waals surface area contributed by atoms with Gasteiger partial charge in [-0.15, -0.1) is 5.10 Å². The maximum atomic E-state index is 10.8. The molecule has 1 aromatic carbocycles. The van der Waals surface area contributed by atoms with E-state index in [2.05, 4.69) is 20.5 Å². The molecule has 2 aromatic rings. The fourth-order valence-corrected chi connectivity index (χ4v) is 2.48. The van der Waals surface area contributed by atoms with Crippen LogP contribution in [0.25, 0.3) is 0 Å². The monoisotopic (exact) mass is 328 g/mol. The number of carbonyl (C=O) groups is 1. The second kappa shape index (κ2) is 7.58. The van der Waals surface area contributed by atoms with Crippen molar-refractivity contribution in [3.05, 3.63) is 36.0 Å². The molecular formula is C16H20N6O2. The lowest BCUT2D eigenvalue weighted by Crippen LogP contribution is -2.46. The van der Waals surface area contributed by atoms with Crippen molar-refractivity contribution in [3.8, 4) is 5.75 Å². The summed E-state index contributed by atoms with van der Waals surface area (Å²) < 4.78 is 5.15. The number of anilines is 2. The molecule has 24 heavy (non-hydrogen) atoms. The molecule has 0 radical (unpaired) electrons. The van der Waals surface area contributed by atoms with Gasteiger partial charge in [-0.1, -0.05) is 12.1 Å². The van der Waals surface area contributed by atoms with E-state index in [1.807, 2.05) is 29.2 Å². The largest absolute Gasteiger partial charge is 0.497 e. The summed E-state index contributed by atoms with van der Waals surface area (Å²) >= 11 is 0. The molecule has 0 spiro atoms. The van der Waals surface area contributed by atoms with Crippen LogP contribution in [-0.2, 0) is 11.3 Å². The number of amides is 1. The summed E-state index contributed by atoms with van der Waals surface area (Å²) in [7, 11) is 1.65. The van der Waals surface area contributed by atoms with Gasteiger partial charge in [0.15, 0.2) is 5.82 Å². The Bertz CT molecular complexity index is 671. The molecule has 2 heterocycles. The first kappa shape index (κ1) is 16.0. The van der Waals surface area contributed by atoms with E-state index in [1.165, 1.54) is 0 Å². The minimum absolute atomic E-state index is 0.584. The molecule has 0 saturated carbocycles. The van der Waals surface area contributed by atoms with Gasteiger partial charge in [-0.05, 0) is 17.7 Å². The van der Waals surface area contributed by atoms with Crippen LogP contribution in [0, 0.1) is 0 Å². The van der Waals surface area contributed by atoms with Gasteiger partial charge in [0, 0.05) is 32.7 Å². The average Bonchev–Trinajstić information content (AvgIpc) is 2.67. The number of ether oxygens (including phenoxy) is 1. The standard InChI is InChI=1S/C16H20N6O2/c1-24-14-4-2-13(3-5-14)10-17-15-11-18-20-16(19-15)22-8-6-21(12-23)7-9-22/h2-5,11-12H,6-10H2,1H3,(H,17,19,20). The summed E-state index contributed by atoms with van der Waals surface area (Å²) in [6.07, 6.45) is 2.48. The van der Waals surface area contributed by atoms with Crippen molar-refractivity contribution in [1.29, 1.82) is 0 Å². The first-order valence-corrected chi connectivity index (χ1v) is 7.79. The van der Waals surface area contributed by atoms with Crippen LogP contribution in [0.4, 0.5) is 11.8 Å². The van der Waals surface area contributed by atoms with Crippen LogP contribution in [0.15, 0.2) is 30.5 Å². The molecule has 1 aliphatic heterocycles. The van der Waals surface area contributed by atoms with E-state index >= 15 is 0 Å². The molecular weight excluding hydrogens is 308 g/mol. The second-order valence-electron chi connectivity index (χ2n) is 5.47. The van der Waals surface area contributed by atoms with Crippen molar-refractivity contribution in [2.75, 3.05) is 43.5 Å². The van der Waals surface area contributed by atoms with Crippen LogP contribution in [0.2, 0.25) is 0 Å². The predicted molar refractivity (Wildman–Crippen MR) is 90.0 cm³/mol. The van der Waals surface area contributed by atoms with Crippen molar-refractivity contribution in [3.63, 3.8) is 0 Å². The number of carbonyl (C=O) groups excluding carboxylic acids is 1. The van der Waals surface area contributed by atoms with E-state index < -0.39 is 0 Å². The van der Waals surface area contributed by atoms with E-state index in [4.69, 9.17) is 4.74 Å². The number of methoxy groups -OCH3 is 1. The van der Waals surface area contributed by atoms with Gasteiger partial charge in [0.1, 0.15) is 5.75 Å². The molecule has 1 aliphatic rings. The molecule has 1 fully saturated rings. The van der Waals surface area contributed by atoms with Gasteiger partial charge in [0.25, 0.3) is 0 Å². The molecule has 1 N–H and O–H groups in total. The third kappa shape index (κ3) is 3.89. The Morgan fingerprint density at radius 2 is 1.96 bits per heavy atom. The molecule has 0 atom stereocenters. The lowest BCUT2D eigenvalue weighted by atomic mass is 10.2. The predicted octanol–water partition coefficient (Wildman–Crippen LogP) is 0.771. The van der Waals surface area contributed by atoms with E-state index in [9.17, 15) is 4.79 Å². The van der Waals surface area contributed by atoms with Gasteiger partial charge in [-0.3, -0.25) is 4.79 Å². The third-order valence-electron chi connectivity index (χ3n) is 3.93. The molecule has 3 rings (SSSR count). The van der Waals surface area contributed by atoms with Crippen molar-refractivity contribution < 1.29 is 9.53 Å². The summed E-state index contributed by atoms with van der Waals surface area (Å²) in [5.74, 6) is 2.09. The normalized spacial score (nSPS) is 14.4. The maximum absolute atomic E-state index is 10.8. The molecule has 1 aromatic heterocycles. The molecule has 1 saturated heterocycles. The van der Waals surface area contributed by atoms with Gasteiger partial charge < -0.3 is 19.9 Å². The first-order valence-electron chi connectivity index (χ1n) is 7.79. The Hall–Kier alpha value is -2.90. The van der Waals surface area contributed by atoms with E-state index in [-0.39, 0.29) is 0 Å². The van der Waals surface area contributed by atoms with Crippen molar-refractivity contribution in [2.45, 2.75) is 6.54 Å². The van der Waals surface area contributed by atoms with E-state index in [1.54, 1.807) is 18.2 Å². The molecule has 0 unspecified atom stereocenters. The van der Waals surface area contributed by atoms with Gasteiger partial charge in [-0.25, -0.2) is 0 Å². The number of hydrogen-bond acceptors (Lipinski definition) is 7. The van der Waals surface area contributed by atoms with Crippen LogP contribution >= 0.6 is 0 Å². The summed E-state index contributed by atoms with van der Waals surface area (Å²) in [6.45, 7) is 3.42. The number of nitrogens with zero attached hydrogens (tertiary/aromatic N) is 5. The Morgan fingerprint density at radius 3 is 2.62 bits per heavy atom. The van der Waals surface area contributed by atoms with E-state index in [0.717, 1.165) is 17.7 Å². The zero-order chi connectivity index (χ0) is 16.8. The smallest absolute Gasteiger partial charge is 0.247 e. The number of rotatable bonds is 6. The van der Waals surface area contributed by atoms with Crippen LogP contribution < -0.4 is 15.0 Å². The molecule has 8 heteroatoms. The third-order valence-corrected chi connectivity index (χ3v) is 3.93. The number of hydrogen-bond donors (Lipinski definition) is 1. The fraction of sp³-hybridized carbons (Fsp3) is 0.375. The minimum Gasteiger partial charge on any atom is -0.497 e. The Morgan fingerprint density at radius 1 is 1.21 bits per heavy atom. The highest BCUT2D eigenvalue weighted by Gasteiger charge is 2.18. The first-order chi connectivity index (χ1) is 11.8. The quantitative estimate of drug-likeness (QED) is 0.784. The number of aromatic nitrogens is 3. The van der Waals surface area contributed by atoms with E-state index in [0.29, 0.717) is 44.5 Å². The highest BCUT2D eigenvalue weighted by molar-refractivity contribution is 5.48. The average molecular weight is 328 g/mol. The highest BCUT2D eigenvalue weighted by atomic mass is 16.5. The fourth-order valence-electron chi connectivity index (χ4n) is 2.48. The van der Waals surface area contributed by atoms with Gasteiger partial charge in [0.2, 0.25) is 12.4 Å². The molecule has 8 nitrogen and oxygen atoms in total. The van der Waals surface area contributed by atoms with Crippen LogP contribution in [0.3, 0.4) is 0 Å². The highest BCUT2D eigenvalue weighted by Crippen LogP contribution is 2.14. The maximum Gasteiger partial charge on any atom is 0.247 e. The molecule has 0 aliphatic carbocycles. The summed E-state index contributed by atoms with van der Waals surface area (Å²) in [6, 6.07) is 7.85. The van der Waals surface area contributed by atoms with Gasteiger partial charge in [0.05, 0.1) is 13.3 Å². The number of nitrogens with one attached hydrogen (secondary N) is 1. The zero-order valence-electron chi connectivity index (χ0n) is 13.6. The molecule has 126 valence electrons. The minimum atomic E-state index is 0.584. The van der Waals surface area contributed by atoms with Crippen LogP contribution in [0.1, 0.15) is 5.56 Å². The number of piperazine rings is 1. The van der Waals surface area contributed by atoms with Crippen LogP contribution in [0.5, 0.6) is 5.75 Å². The van der Waals surface area contributed by atoms with Crippen molar-refractivity contribution in [2.24, 2.45) is 0 Å². The second-order valence-corrected chi connectivity index (χ2v) is 5.47. The van der Waals surface area contributed by atoms with Gasteiger partial charge >= 0.3 is 0 Å². The van der Waals surface area contributed by atoms with Gasteiger partial charge in [-0.2, -0.15) is 10.1 Å². The lowest BCUT2D eigenvalue weighted by Gasteiger charge is -2.32. The zero-order valence-corrected chi connectivity index (χ0v) is 13.6. The number of benzene rings is 1. The summed E-state index contributed by atoms with van der Waals surface area (Å²) in [4.78, 5) is 19.0. The Labute approximate surface area is 140 Å². The summed E-state index contributed by atoms with van der Waals surface area (Å²) in [5.41, 5.74) is 1.12. The Balaban J connectivity index is 1.59. The SMILES string of the molecule is COc1ccc(CNc2cnnc(N3CCN(C=O)CC3)n2)cc1. The molecule has 0 bridgehead atoms. The Kier molecular flexibility index (Phi) is 5.05. The molecule has 1 amide bonds. The van der Waals surface area contributed by atoms with Crippen molar-refractivity contribution >= 4 is 18.2 Å². The topological polar surface area (TPSA) is 83.5 Å². The van der Waals surface area contributed by atoms with Crippen molar-refractivity contribution in [1.82, 2.24) is 20.1 Å². The summed E-state index contributed by atoms with van der Waals surface area (Å²) in [5, 5.41) is 11.4.